The van der Waals surface area contributed by atoms with Crippen molar-refractivity contribution in [3.63, 3.8) is 0 Å². The Morgan fingerprint density at radius 3 is 3.00 bits per heavy atom. The molecule has 0 saturated carbocycles. The van der Waals surface area contributed by atoms with E-state index in [1.807, 2.05) is 18.2 Å². The summed E-state index contributed by atoms with van der Waals surface area (Å²) in [4.78, 5) is 0. The number of ether oxygens (including phenoxy) is 1. The van der Waals surface area contributed by atoms with Crippen molar-refractivity contribution in [2.75, 3.05) is 19.8 Å². The van der Waals surface area contributed by atoms with Crippen molar-refractivity contribution in [1.82, 2.24) is 5.32 Å². The lowest BCUT2D eigenvalue weighted by molar-refractivity contribution is 0.149. The van der Waals surface area contributed by atoms with Gasteiger partial charge in [-0.25, -0.2) is 0 Å². The van der Waals surface area contributed by atoms with Crippen LogP contribution in [0.25, 0.3) is 0 Å². The second-order valence-corrected chi connectivity index (χ2v) is 4.37. The summed E-state index contributed by atoms with van der Waals surface area (Å²) in [6.45, 7) is 3.37. The smallest absolute Gasteiger partial charge is 0.0689 e. The summed E-state index contributed by atoms with van der Waals surface area (Å²) in [6.07, 6.45) is 3.29. The predicted molar refractivity (Wildman–Crippen MR) is 66.7 cm³/mol. The molecule has 1 aromatic carbocycles. The molecule has 2 nitrogen and oxygen atoms in total. The summed E-state index contributed by atoms with van der Waals surface area (Å²) < 4.78 is 5.37. The van der Waals surface area contributed by atoms with Crippen molar-refractivity contribution in [2.45, 2.75) is 13.0 Å². The molecule has 2 rings (SSSR count). The van der Waals surface area contributed by atoms with E-state index in [1.165, 1.54) is 11.1 Å². The summed E-state index contributed by atoms with van der Waals surface area (Å²) in [5.74, 6) is 0. The molecule has 0 atom stereocenters. The molecule has 0 aromatic heterocycles. The van der Waals surface area contributed by atoms with Gasteiger partial charge in [0.1, 0.15) is 0 Å². The van der Waals surface area contributed by atoms with Crippen LogP contribution in [0, 0.1) is 0 Å². The van der Waals surface area contributed by atoms with Gasteiger partial charge in [-0.3, -0.25) is 0 Å². The average molecular weight is 238 g/mol. The van der Waals surface area contributed by atoms with Gasteiger partial charge >= 0.3 is 0 Å². The molecule has 0 radical (unpaired) electrons. The van der Waals surface area contributed by atoms with Gasteiger partial charge in [-0.15, -0.1) is 0 Å². The quantitative estimate of drug-likeness (QED) is 0.814. The van der Waals surface area contributed by atoms with Crippen LogP contribution in [0.3, 0.4) is 0 Å². The SMILES string of the molecule is Clc1cccc(CNCC2=CCCOC2)c1. The van der Waals surface area contributed by atoms with E-state index in [0.717, 1.165) is 37.7 Å². The molecule has 0 amide bonds. The van der Waals surface area contributed by atoms with E-state index >= 15 is 0 Å². The molecule has 0 aliphatic carbocycles. The van der Waals surface area contributed by atoms with Crippen molar-refractivity contribution in [2.24, 2.45) is 0 Å². The van der Waals surface area contributed by atoms with E-state index in [2.05, 4.69) is 17.5 Å². The molecule has 1 aromatic rings. The predicted octanol–water partition coefficient (Wildman–Crippen LogP) is 2.78. The number of hydrogen-bond donors (Lipinski definition) is 1. The zero-order valence-electron chi connectivity index (χ0n) is 9.21. The zero-order chi connectivity index (χ0) is 11.2. The van der Waals surface area contributed by atoms with Crippen molar-refractivity contribution < 1.29 is 4.74 Å². The van der Waals surface area contributed by atoms with Crippen LogP contribution in [0.2, 0.25) is 5.02 Å². The highest BCUT2D eigenvalue weighted by Crippen LogP contribution is 2.10. The minimum Gasteiger partial charge on any atom is -0.377 e. The fraction of sp³-hybridized carbons (Fsp3) is 0.385. The lowest BCUT2D eigenvalue weighted by Gasteiger charge is -2.14. The number of rotatable bonds is 4. The van der Waals surface area contributed by atoms with Crippen molar-refractivity contribution in [1.29, 1.82) is 0 Å². The van der Waals surface area contributed by atoms with E-state index < -0.39 is 0 Å². The second kappa shape index (κ2) is 6.04. The topological polar surface area (TPSA) is 21.3 Å². The van der Waals surface area contributed by atoms with Gasteiger partial charge in [0.05, 0.1) is 13.2 Å². The fourth-order valence-corrected chi connectivity index (χ4v) is 1.96. The standard InChI is InChI=1S/C13H16ClNO/c14-13-5-1-3-11(7-13)8-15-9-12-4-2-6-16-10-12/h1,3-5,7,15H,2,6,8-10H2. The summed E-state index contributed by atoms with van der Waals surface area (Å²) in [6, 6.07) is 7.93. The lowest BCUT2D eigenvalue weighted by Crippen LogP contribution is -2.20. The molecule has 0 unspecified atom stereocenters. The van der Waals surface area contributed by atoms with Crippen LogP contribution in [0.15, 0.2) is 35.9 Å². The van der Waals surface area contributed by atoms with E-state index in [9.17, 15) is 0 Å². The molecule has 1 aliphatic heterocycles. The van der Waals surface area contributed by atoms with Crippen molar-refractivity contribution >= 4 is 11.6 Å². The minimum atomic E-state index is 0.766. The normalized spacial score (nSPS) is 15.9. The van der Waals surface area contributed by atoms with Gasteiger partial charge < -0.3 is 10.1 Å². The Labute approximate surface area is 101 Å². The minimum absolute atomic E-state index is 0.766. The van der Waals surface area contributed by atoms with Gasteiger partial charge in [0, 0.05) is 18.1 Å². The van der Waals surface area contributed by atoms with Gasteiger partial charge in [0.25, 0.3) is 0 Å². The van der Waals surface area contributed by atoms with Gasteiger partial charge in [0.15, 0.2) is 0 Å². The first-order chi connectivity index (χ1) is 7.84. The Kier molecular flexibility index (Phi) is 4.40. The van der Waals surface area contributed by atoms with Gasteiger partial charge in [0.2, 0.25) is 0 Å². The molecule has 86 valence electrons. The highest BCUT2D eigenvalue weighted by molar-refractivity contribution is 6.30. The summed E-state index contributed by atoms with van der Waals surface area (Å²) >= 11 is 5.91. The molecule has 3 heteroatoms. The van der Waals surface area contributed by atoms with Crippen LogP contribution < -0.4 is 5.32 Å². The number of nitrogens with one attached hydrogen (secondary N) is 1. The molecule has 1 N–H and O–H groups in total. The third-order valence-corrected chi connectivity index (χ3v) is 2.79. The van der Waals surface area contributed by atoms with Crippen molar-refractivity contribution in [3.05, 3.63) is 46.5 Å². The summed E-state index contributed by atoms with van der Waals surface area (Å²) in [7, 11) is 0. The summed E-state index contributed by atoms with van der Waals surface area (Å²) in [5.41, 5.74) is 2.55. The Morgan fingerprint density at radius 2 is 2.25 bits per heavy atom. The molecule has 1 aliphatic rings. The monoisotopic (exact) mass is 237 g/mol. The van der Waals surface area contributed by atoms with Crippen LogP contribution in [0.4, 0.5) is 0 Å². The maximum atomic E-state index is 5.91. The van der Waals surface area contributed by atoms with Crippen LogP contribution >= 0.6 is 11.6 Å². The molecule has 1 heterocycles. The maximum Gasteiger partial charge on any atom is 0.0689 e. The molecule has 0 bridgehead atoms. The van der Waals surface area contributed by atoms with E-state index in [1.54, 1.807) is 0 Å². The Bertz CT molecular complexity index is 376. The highest BCUT2D eigenvalue weighted by Gasteiger charge is 2.02. The number of halogens is 1. The van der Waals surface area contributed by atoms with Gasteiger partial charge in [-0.2, -0.15) is 0 Å². The van der Waals surface area contributed by atoms with Crippen LogP contribution in [-0.4, -0.2) is 19.8 Å². The second-order valence-electron chi connectivity index (χ2n) is 3.94. The van der Waals surface area contributed by atoms with Crippen LogP contribution in [0.5, 0.6) is 0 Å². The van der Waals surface area contributed by atoms with Crippen LogP contribution in [0.1, 0.15) is 12.0 Å². The van der Waals surface area contributed by atoms with E-state index in [4.69, 9.17) is 16.3 Å². The maximum absolute atomic E-state index is 5.91. The van der Waals surface area contributed by atoms with Crippen LogP contribution in [-0.2, 0) is 11.3 Å². The first-order valence-electron chi connectivity index (χ1n) is 5.55. The molecule has 0 spiro atoms. The molecular formula is C13H16ClNO. The highest BCUT2D eigenvalue weighted by atomic mass is 35.5. The summed E-state index contributed by atoms with van der Waals surface area (Å²) in [5, 5.41) is 4.18. The number of benzene rings is 1. The van der Waals surface area contributed by atoms with Gasteiger partial charge in [-0.05, 0) is 29.7 Å². The first kappa shape index (κ1) is 11.6. The number of hydrogen-bond acceptors (Lipinski definition) is 2. The first-order valence-corrected chi connectivity index (χ1v) is 5.93. The molecule has 0 fully saturated rings. The van der Waals surface area contributed by atoms with E-state index in [0.29, 0.717) is 0 Å². The Balaban J connectivity index is 1.77. The van der Waals surface area contributed by atoms with E-state index in [-0.39, 0.29) is 0 Å². The molecule has 16 heavy (non-hydrogen) atoms. The van der Waals surface area contributed by atoms with Crippen molar-refractivity contribution in [3.8, 4) is 0 Å². The zero-order valence-corrected chi connectivity index (χ0v) is 9.96. The average Bonchev–Trinajstić information content (AvgIpc) is 2.30. The Hall–Kier alpha value is -0.830. The third kappa shape index (κ3) is 3.63. The largest absolute Gasteiger partial charge is 0.377 e. The fourth-order valence-electron chi connectivity index (χ4n) is 1.75. The molecular weight excluding hydrogens is 222 g/mol. The molecule has 0 saturated heterocycles. The lowest BCUT2D eigenvalue weighted by atomic mass is 10.2. The van der Waals surface area contributed by atoms with Gasteiger partial charge in [-0.1, -0.05) is 29.8 Å². The Morgan fingerprint density at radius 1 is 1.31 bits per heavy atom. The third-order valence-electron chi connectivity index (χ3n) is 2.55.